The molecule has 138 valence electrons. The fourth-order valence-corrected chi connectivity index (χ4v) is 3.93. The second kappa shape index (κ2) is 9.16. The lowest BCUT2D eigenvalue weighted by Gasteiger charge is -2.36. The molecule has 0 saturated carbocycles. The highest BCUT2D eigenvalue weighted by molar-refractivity contribution is 7.08. The second-order valence-electron chi connectivity index (χ2n) is 6.23. The molecule has 1 aromatic heterocycles. The van der Waals surface area contributed by atoms with Crippen LogP contribution in [-0.2, 0) is 4.79 Å². The summed E-state index contributed by atoms with van der Waals surface area (Å²) in [7, 11) is 0. The number of carbonyl (C=O) groups is 2. The Morgan fingerprint density at radius 1 is 1.35 bits per heavy atom. The minimum atomic E-state index is -0.0855. The summed E-state index contributed by atoms with van der Waals surface area (Å²) in [5.41, 5.74) is 1.72. The molecule has 1 unspecified atom stereocenters. The molecule has 5 nitrogen and oxygen atoms in total. The first-order valence-corrected chi connectivity index (χ1v) is 10.0. The molecular formula is C19H22ClN3O2S. The van der Waals surface area contributed by atoms with Crippen molar-refractivity contribution in [3.63, 3.8) is 0 Å². The standard InChI is InChI=1S/C19H22ClN3O2S/c20-16-4-1-3-14(11-16)17-12-21-8-9-23(17)18(24)5-2-7-22-19(25)15-6-10-26-13-15/h1,3-4,6,10-11,13,17,21H,2,5,7-9,12H2,(H,22,25). The summed E-state index contributed by atoms with van der Waals surface area (Å²) < 4.78 is 0. The number of hydrogen-bond acceptors (Lipinski definition) is 4. The predicted octanol–water partition coefficient (Wildman–Crippen LogP) is 3.08. The molecular weight excluding hydrogens is 370 g/mol. The van der Waals surface area contributed by atoms with Crippen molar-refractivity contribution in [1.29, 1.82) is 0 Å². The van der Waals surface area contributed by atoms with Gasteiger partial charge in [0.2, 0.25) is 5.91 Å². The Morgan fingerprint density at radius 3 is 3.00 bits per heavy atom. The maximum absolute atomic E-state index is 12.7. The first-order chi connectivity index (χ1) is 12.6. The molecule has 2 aromatic rings. The van der Waals surface area contributed by atoms with Crippen LogP contribution in [0, 0.1) is 0 Å². The maximum atomic E-state index is 12.7. The van der Waals surface area contributed by atoms with Gasteiger partial charge in [-0.05, 0) is 35.6 Å². The minimum Gasteiger partial charge on any atom is -0.352 e. The molecule has 1 fully saturated rings. The van der Waals surface area contributed by atoms with Crippen LogP contribution in [0.15, 0.2) is 41.1 Å². The Bertz CT molecular complexity index is 751. The molecule has 1 saturated heterocycles. The van der Waals surface area contributed by atoms with Crippen LogP contribution in [0.25, 0.3) is 0 Å². The summed E-state index contributed by atoms with van der Waals surface area (Å²) in [4.78, 5) is 26.5. The third-order valence-corrected chi connectivity index (χ3v) is 5.35. The summed E-state index contributed by atoms with van der Waals surface area (Å²) in [6.45, 7) is 2.68. The molecule has 0 spiro atoms. The number of halogens is 1. The fourth-order valence-electron chi connectivity index (χ4n) is 3.10. The summed E-state index contributed by atoms with van der Waals surface area (Å²) in [6, 6.07) is 9.46. The molecule has 26 heavy (non-hydrogen) atoms. The third kappa shape index (κ3) is 4.84. The molecule has 2 N–H and O–H groups in total. The summed E-state index contributed by atoms with van der Waals surface area (Å²) in [5, 5.41) is 10.6. The van der Waals surface area contributed by atoms with Gasteiger partial charge in [-0.25, -0.2) is 0 Å². The zero-order valence-corrected chi connectivity index (χ0v) is 16.0. The van der Waals surface area contributed by atoms with Crippen LogP contribution in [0.4, 0.5) is 0 Å². The van der Waals surface area contributed by atoms with E-state index in [4.69, 9.17) is 11.6 Å². The van der Waals surface area contributed by atoms with Gasteiger partial charge in [0, 0.05) is 48.6 Å². The van der Waals surface area contributed by atoms with Crippen molar-refractivity contribution < 1.29 is 9.59 Å². The van der Waals surface area contributed by atoms with E-state index in [1.165, 1.54) is 11.3 Å². The Labute approximate surface area is 162 Å². The van der Waals surface area contributed by atoms with E-state index in [2.05, 4.69) is 10.6 Å². The van der Waals surface area contributed by atoms with Gasteiger partial charge in [0.15, 0.2) is 0 Å². The van der Waals surface area contributed by atoms with Crippen LogP contribution >= 0.6 is 22.9 Å². The average Bonchev–Trinajstić information content (AvgIpc) is 3.20. The second-order valence-corrected chi connectivity index (χ2v) is 7.45. The number of nitrogens with one attached hydrogen (secondary N) is 2. The van der Waals surface area contributed by atoms with Gasteiger partial charge in [0.1, 0.15) is 0 Å². The van der Waals surface area contributed by atoms with E-state index < -0.39 is 0 Å². The molecule has 2 heterocycles. The number of thiophene rings is 1. The zero-order chi connectivity index (χ0) is 18.4. The van der Waals surface area contributed by atoms with Crippen molar-refractivity contribution in [3.8, 4) is 0 Å². The zero-order valence-electron chi connectivity index (χ0n) is 14.4. The number of piperazine rings is 1. The highest BCUT2D eigenvalue weighted by Crippen LogP contribution is 2.25. The maximum Gasteiger partial charge on any atom is 0.252 e. The van der Waals surface area contributed by atoms with E-state index in [0.29, 0.717) is 36.5 Å². The van der Waals surface area contributed by atoms with Crippen molar-refractivity contribution in [2.45, 2.75) is 18.9 Å². The SMILES string of the molecule is O=C(NCCCC(=O)N1CCNCC1c1cccc(Cl)c1)c1ccsc1. The number of benzene rings is 1. The Morgan fingerprint density at radius 2 is 2.23 bits per heavy atom. The van der Waals surface area contributed by atoms with Crippen LogP contribution in [0.2, 0.25) is 5.02 Å². The third-order valence-electron chi connectivity index (χ3n) is 4.43. The minimum absolute atomic E-state index is 0.00431. The lowest BCUT2D eigenvalue weighted by Crippen LogP contribution is -2.48. The van der Waals surface area contributed by atoms with Crippen molar-refractivity contribution in [1.82, 2.24) is 15.5 Å². The Kier molecular flexibility index (Phi) is 6.66. The number of amides is 2. The normalized spacial score (nSPS) is 17.1. The van der Waals surface area contributed by atoms with Crippen molar-refractivity contribution >= 4 is 34.8 Å². The van der Waals surface area contributed by atoms with Crippen molar-refractivity contribution in [2.75, 3.05) is 26.2 Å². The quantitative estimate of drug-likeness (QED) is 0.744. The van der Waals surface area contributed by atoms with E-state index in [-0.39, 0.29) is 17.9 Å². The van der Waals surface area contributed by atoms with E-state index in [9.17, 15) is 9.59 Å². The molecule has 1 aliphatic heterocycles. The predicted molar refractivity (Wildman–Crippen MR) is 105 cm³/mol. The van der Waals surface area contributed by atoms with E-state index in [1.807, 2.05) is 39.9 Å². The number of carbonyl (C=O) groups excluding carboxylic acids is 2. The molecule has 7 heteroatoms. The van der Waals surface area contributed by atoms with Gasteiger partial charge < -0.3 is 15.5 Å². The molecule has 2 amide bonds. The first kappa shape index (κ1) is 18.9. The first-order valence-electron chi connectivity index (χ1n) is 8.71. The number of nitrogens with zero attached hydrogens (tertiary/aromatic N) is 1. The Hall–Kier alpha value is -1.89. The smallest absolute Gasteiger partial charge is 0.252 e. The molecule has 0 aliphatic carbocycles. The van der Waals surface area contributed by atoms with Crippen LogP contribution in [0.1, 0.15) is 34.8 Å². The number of hydrogen-bond donors (Lipinski definition) is 2. The summed E-state index contributed by atoms with van der Waals surface area (Å²) in [5.74, 6) is 0.0268. The number of rotatable bonds is 6. The van der Waals surface area contributed by atoms with E-state index in [0.717, 1.165) is 18.7 Å². The summed E-state index contributed by atoms with van der Waals surface area (Å²) >= 11 is 7.60. The van der Waals surface area contributed by atoms with Crippen molar-refractivity contribution in [3.05, 3.63) is 57.2 Å². The molecule has 0 radical (unpaired) electrons. The molecule has 3 rings (SSSR count). The van der Waals surface area contributed by atoms with Crippen LogP contribution in [-0.4, -0.2) is 42.9 Å². The fraction of sp³-hybridized carbons (Fsp3) is 0.368. The molecule has 1 aromatic carbocycles. The monoisotopic (exact) mass is 391 g/mol. The molecule has 1 aliphatic rings. The van der Waals surface area contributed by atoms with E-state index >= 15 is 0 Å². The molecule has 1 atom stereocenters. The highest BCUT2D eigenvalue weighted by atomic mass is 35.5. The largest absolute Gasteiger partial charge is 0.352 e. The highest BCUT2D eigenvalue weighted by Gasteiger charge is 2.27. The van der Waals surface area contributed by atoms with Crippen LogP contribution < -0.4 is 10.6 Å². The topological polar surface area (TPSA) is 61.4 Å². The lowest BCUT2D eigenvalue weighted by atomic mass is 10.0. The van der Waals surface area contributed by atoms with Gasteiger partial charge in [-0.1, -0.05) is 23.7 Å². The average molecular weight is 392 g/mol. The van der Waals surface area contributed by atoms with Gasteiger partial charge in [0.25, 0.3) is 5.91 Å². The van der Waals surface area contributed by atoms with Gasteiger partial charge >= 0.3 is 0 Å². The van der Waals surface area contributed by atoms with Crippen LogP contribution in [0.3, 0.4) is 0 Å². The van der Waals surface area contributed by atoms with E-state index in [1.54, 1.807) is 6.07 Å². The van der Waals surface area contributed by atoms with Gasteiger partial charge in [-0.15, -0.1) is 0 Å². The van der Waals surface area contributed by atoms with Crippen LogP contribution in [0.5, 0.6) is 0 Å². The van der Waals surface area contributed by atoms with Gasteiger partial charge in [0.05, 0.1) is 6.04 Å². The van der Waals surface area contributed by atoms with Gasteiger partial charge in [-0.2, -0.15) is 11.3 Å². The lowest BCUT2D eigenvalue weighted by molar-refractivity contribution is -0.134. The molecule has 0 bridgehead atoms. The Balaban J connectivity index is 1.51. The summed E-state index contributed by atoms with van der Waals surface area (Å²) in [6.07, 6.45) is 1.04. The van der Waals surface area contributed by atoms with Crippen molar-refractivity contribution in [2.24, 2.45) is 0 Å². The van der Waals surface area contributed by atoms with Gasteiger partial charge in [-0.3, -0.25) is 9.59 Å².